The SMILES string of the molecule is CCn1c(CN2C(=O)c3ccccc3C2=O)nc2ccc(OCCC[PH](=O)O)cc21. The highest BCUT2D eigenvalue weighted by Crippen LogP contribution is 2.27. The van der Waals surface area contributed by atoms with Crippen molar-refractivity contribution in [2.24, 2.45) is 0 Å². The number of carbonyl (C=O) groups is 2. The Morgan fingerprint density at radius 3 is 2.43 bits per heavy atom. The van der Waals surface area contributed by atoms with E-state index >= 15 is 0 Å². The lowest BCUT2D eigenvalue weighted by atomic mass is 10.1. The summed E-state index contributed by atoms with van der Waals surface area (Å²) in [6.45, 7) is 3.03. The molecule has 2 amide bonds. The quantitative estimate of drug-likeness (QED) is 0.337. The van der Waals surface area contributed by atoms with Crippen molar-refractivity contribution in [2.45, 2.75) is 26.4 Å². The van der Waals surface area contributed by atoms with Crippen molar-refractivity contribution in [1.29, 1.82) is 0 Å². The van der Waals surface area contributed by atoms with Crippen molar-refractivity contribution in [2.75, 3.05) is 12.8 Å². The lowest BCUT2D eigenvalue weighted by Crippen LogP contribution is -2.30. The van der Waals surface area contributed by atoms with Crippen LogP contribution in [-0.4, -0.2) is 43.9 Å². The molecule has 0 saturated heterocycles. The number of ether oxygens (including phenoxy) is 1. The van der Waals surface area contributed by atoms with Gasteiger partial charge < -0.3 is 14.2 Å². The van der Waals surface area contributed by atoms with Gasteiger partial charge in [0.05, 0.1) is 35.3 Å². The zero-order valence-electron chi connectivity index (χ0n) is 16.5. The maximum absolute atomic E-state index is 12.7. The average Bonchev–Trinajstić information content (AvgIpc) is 3.21. The van der Waals surface area contributed by atoms with Crippen molar-refractivity contribution >= 4 is 30.9 Å². The number of fused-ring (bicyclic) bond motifs is 2. The number of aromatic nitrogens is 2. The summed E-state index contributed by atoms with van der Waals surface area (Å²) in [5.74, 6) is 0.648. The van der Waals surface area contributed by atoms with Crippen LogP contribution in [0.15, 0.2) is 42.5 Å². The Bertz CT molecular complexity index is 1120. The van der Waals surface area contributed by atoms with Crippen LogP contribution in [0, 0.1) is 0 Å². The van der Waals surface area contributed by atoms with Gasteiger partial charge in [0.1, 0.15) is 11.6 Å². The second-order valence-corrected chi connectivity index (χ2v) is 8.30. The van der Waals surface area contributed by atoms with Gasteiger partial charge in [0, 0.05) is 18.8 Å². The third-order valence-corrected chi connectivity index (χ3v) is 5.88. The summed E-state index contributed by atoms with van der Waals surface area (Å²) in [5, 5.41) is 0. The van der Waals surface area contributed by atoms with Crippen molar-refractivity contribution in [3.63, 3.8) is 0 Å². The summed E-state index contributed by atoms with van der Waals surface area (Å²) in [6, 6.07) is 12.3. The van der Waals surface area contributed by atoms with Gasteiger partial charge in [-0.1, -0.05) is 12.1 Å². The van der Waals surface area contributed by atoms with Crippen LogP contribution in [0.4, 0.5) is 0 Å². The Morgan fingerprint density at radius 1 is 1.10 bits per heavy atom. The topological polar surface area (TPSA) is 102 Å². The van der Waals surface area contributed by atoms with Crippen LogP contribution in [0.25, 0.3) is 11.0 Å². The molecule has 0 saturated carbocycles. The van der Waals surface area contributed by atoms with E-state index in [0.717, 1.165) is 11.0 Å². The highest BCUT2D eigenvalue weighted by atomic mass is 31.1. The fraction of sp³-hybridized carbons (Fsp3) is 0.286. The molecule has 156 valence electrons. The molecule has 2 aromatic carbocycles. The molecule has 0 bridgehead atoms. The summed E-state index contributed by atoms with van der Waals surface area (Å²) in [6.07, 6.45) is 0.745. The average molecular weight is 427 g/mol. The number of amides is 2. The fourth-order valence-corrected chi connectivity index (χ4v) is 4.10. The first-order valence-corrected chi connectivity index (χ1v) is 11.3. The molecule has 1 aliphatic rings. The van der Waals surface area contributed by atoms with Crippen molar-refractivity contribution < 1.29 is 23.8 Å². The zero-order valence-corrected chi connectivity index (χ0v) is 17.5. The van der Waals surface area contributed by atoms with Gasteiger partial charge in [-0.2, -0.15) is 0 Å². The van der Waals surface area contributed by atoms with E-state index in [1.54, 1.807) is 30.3 Å². The van der Waals surface area contributed by atoms with Gasteiger partial charge in [-0.25, -0.2) is 4.98 Å². The Hall–Kier alpha value is -2.96. The minimum Gasteiger partial charge on any atom is -0.494 e. The van der Waals surface area contributed by atoms with E-state index < -0.39 is 8.03 Å². The Kier molecular flexibility index (Phi) is 5.70. The van der Waals surface area contributed by atoms with Crippen LogP contribution in [-0.2, 0) is 17.7 Å². The van der Waals surface area contributed by atoms with E-state index in [4.69, 9.17) is 9.63 Å². The van der Waals surface area contributed by atoms with E-state index in [9.17, 15) is 14.2 Å². The summed E-state index contributed by atoms with van der Waals surface area (Å²) < 4.78 is 18.4. The van der Waals surface area contributed by atoms with E-state index in [1.165, 1.54) is 4.90 Å². The van der Waals surface area contributed by atoms with Crippen molar-refractivity contribution in [3.05, 3.63) is 59.4 Å². The van der Waals surface area contributed by atoms with Gasteiger partial charge in [-0.15, -0.1) is 0 Å². The molecule has 3 aromatic rings. The minimum atomic E-state index is -2.47. The van der Waals surface area contributed by atoms with Crippen LogP contribution in [0.2, 0.25) is 0 Å². The third kappa shape index (κ3) is 3.76. The largest absolute Gasteiger partial charge is 0.494 e. The maximum atomic E-state index is 12.7. The monoisotopic (exact) mass is 427 g/mol. The highest BCUT2D eigenvalue weighted by Gasteiger charge is 2.36. The van der Waals surface area contributed by atoms with E-state index in [0.29, 0.717) is 42.3 Å². The van der Waals surface area contributed by atoms with Crippen LogP contribution in [0.3, 0.4) is 0 Å². The number of hydrogen-bond donors (Lipinski definition) is 1. The Morgan fingerprint density at radius 2 is 1.80 bits per heavy atom. The van der Waals surface area contributed by atoms with Crippen LogP contribution in [0.1, 0.15) is 39.9 Å². The molecule has 1 atom stereocenters. The van der Waals surface area contributed by atoms with Gasteiger partial charge in [-0.05, 0) is 37.6 Å². The number of aryl methyl sites for hydroxylation is 1. The number of nitrogens with zero attached hydrogens (tertiary/aromatic N) is 3. The third-order valence-electron chi connectivity index (χ3n) is 5.10. The number of hydrogen-bond acceptors (Lipinski definition) is 5. The number of carbonyl (C=O) groups excluding carboxylic acids is 2. The van der Waals surface area contributed by atoms with Gasteiger partial charge in [0.2, 0.25) is 0 Å². The van der Waals surface area contributed by atoms with Crippen LogP contribution >= 0.6 is 8.03 Å². The predicted molar refractivity (Wildman–Crippen MR) is 112 cm³/mol. The molecule has 30 heavy (non-hydrogen) atoms. The molecule has 0 aliphatic carbocycles. The Balaban J connectivity index is 1.57. The smallest absolute Gasteiger partial charge is 0.261 e. The molecule has 4 rings (SSSR count). The minimum absolute atomic E-state index is 0.0931. The van der Waals surface area contributed by atoms with Crippen LogP contribution < -0.4 is 4.74 Å². The fourth-order valence-electron chi connectivity index (χ4n) is 3.65. The molecular formula is C21H22N3O5P. The second-order valence-electron chi connectivity index (χ2n) is 7.01. The lowest BCUT2D eigenvalue weighted by molar-refractivity contribution is 0.0637. The zero-order chi connectivity index (χ0) is 21.3. The van der Waals surface area contributed by atoms with Crippen molar-refractivity contribution in [1.82, 2.24) is 14.5 Å². The van der Waals surface area contributed by atoms with Crippen LogP contribution in [0.5, 0.6) is 5.75 Å². The molecule has 0 spiro atoms. The number of benzene rings is 2. The normalized spacial score (nSPS) is 14.4. The van der Waals surface area contributed by atoms with Gasteiger partial charge in [-0.3, -0.25) is 19.1 Å². The number of imidazole rings is 1. The molecule has 8 nitrogen and oxygen atoms in total. The molecule has 9 heteroatoms. The summed E-state index contributed by atoms with van der Waals surface area (Å²) in [7, 11) is -2.47. The standard InChI is InChI=1S/C21H22N3O5P/c1-2-23-18-12-14(29-10-5-11-30(27)28)8-9-17(18)22-19(23)13-24-20(25)15-6-3-4-7-16(15)21(24)26/h3-4,6-9,12,30H,2,5,10-11,13H2,1H3,(H,27,28). The maximum Gasteiger partial charge on any atom is 0.261 e. The number of imide groups is 1. The summed E-state index contributed by atoms with van der Waals surface area (Å²) in [5.41, 5.74) is 2.43. The Labute approximate surface area is 174 Å². The van der Waals surface area contributed by atoms with Gasteiger partial charge in [0.15, 0.2) is 8.03 Å². The first kappa shape index (κ1) is 20.3. The molecule has 1 aromatic heterocycles. The molecule has 1 unspecified atom stereocenters. The number of rotatable bonds is 8. The summed E-state index contributed by atoms with van der Waals surface area (Å²) in [4.78, 5) is 40.1. The molecule has 0 radical (unpaired) electrons. The van der Waals surface area contributed by atoms with E-state index in [2.05, 4.69) is 4.98 Å². The second kappa shape index (κ2) is 8.42. The van der Waals surface area contributed by atoms with E-state index in [1.807, 2.05) is 23.6 Å². The first-order chi connectivity index (χ1) is 14.5. The van der Waals surface area contributed by atoms with Crippen molar-refractivity contribution in [3.8, 4) is 5.75 Å². The predicted octanol–water partition coefficient (Wildman–Crippen LogP) is 3.09. The van der Waals surface area contributed by atoms with E-state index in [-0.39, 0.29) is 24.5 Å². The highest BCUT2D eigenvalue weighted by molar-refractivity contribution is 7.37. The lowest BCUT2D eigenvalue weighted by Gasteiger charge is -2.14. The molecule has 2 heterocycles. The molecule has 1 aliphatic heterocycles. The summed E-state index contributed by atoms with van der Waals surface area (Å²) >= 11 is 0. The molecular weight excluding hydrogens is 405 g/mol. The van der Waals surface area contributed by atoms with Gasteiger partial charge >= 0.3 is 0 Å². The van der Waals surface area contributed by atoms with Gasteiger partial charge in [0.25, 0.3) is 11.8 Å². The molecule has 1 N–H and O–H groups in total. The molecule has 0 fully saturated rings. The first-order valence-electron chi connectivity index (χ1n) is 9.78.